The molecule has 31 heavy (non-hydrogen) atoms. The van der Waals surface area contributed by atoms with E-state index >= 15 is 0 Å². The molecule has 1 unspecified atom stereocenters. The minimum absolute atomic E-state index is 0.119. The number of nitrogens with zero attached hydrogens (tertiary/aromatic N) is 2. The number of carbonyl (C=O) groups excluding carboxylic acids is 2. The van der Waals surface area contributed by atoms with Crippen LogP contribution >= 0.6 is 35.0 Å². The number of hydrogen-bond donors (Lipinski definition) is 1. The van der Waals surface area contributed by atoms with Gasteiger partial charge < -0.3 is 10.1 Å². The van der Waals surface area contributed by atoms with Crippen molar-refractivity contribution in [2.75, 3.05) is 18.6 Å². The standard InChI is InChI=1S/C22H19Cl2N3O3S/c1-3-30-15-7-5-14(6-8-15)27-21(29)19(11-13-4-9-17(23)18(24)10-13)31-22(27)16(12-25)20(28)26-2/h4-10,19H,3,11H2,1-2H3,(H,26,28)/b22-16-. The van der Waals surface area contributed by atoms with Gasteiger partial charge in [-0.15, -0.1) is 0 Å². The van der Waals surface area contributed by atoms with Crippen LogP contribution in [0.15, 0.2) is 53.1 Å². The molecule has 1 atom stereocenters. The van der Waals surface area contributed by atoms with Crippen LogP contribution in [0.3, 0.4) is 0 Å². The van der Waals surface area contributed by atoms with Crippen LogP contribution in [-0.4, -0.2) is 30.7 Å². The van der Waals surface area contributed by atoms with Crippen molar-refractivity contribution < 1.29 is 14.3 Å². The number of nitrogens with one attached hydrogen (secondary N) is 1. The van der Waals surface area contributed by atoms with Gasteiger partial charge in [-0.25, -0.2) is 0 Å². The van der Waals surface area contributed by atoms with E-state index in [1.54, 1.807) is 42.5 Å². The summed E-state index contributed by atoms with van der Waals surface area (Å²) in [7, 11) is 1.44. The van der Waals surface area contributed by atoms with Gasteiger partial charge in [-0.3, -0.25) is 14.5 Å². The molecule has 1 saturated heterocycles. The Morgan fingerprint density at radius 2 is 1.94 bits per heavy atom. The zero-order chi connectivity index (χ0) is 22.5. The van der Waals surface area contributed by atoms with Crippen LogP contribution < -0.4 is 15.0 Å². The summed E-state index contributed by atoms with van der Waals surface area (Å²) in [5, 5.41) is 12.7. The van der Waals surface area contributed by atoms with Crippen LogP contribution in [0.1, 0.15) is 12.5 Å². The minimum atomic E-state index is -0.552. The summed E-state index contributed by atoms with van der Waals surface area (Å²) in [6.07, 6.45) is 0.365. The van der Waals surface area contributed by atoms with Crippen LogP contribution in [0.4, 0.5) is 5.69 Å². The maximum Gasteiger partial charge on any atom is 0.264 e. The number of amides is 2. The van der Waals surface area contributed by atoms with Gasteiger partial charge in [0, 0.05) is 12.7 Å². The molecule has 0 saturated carbocycles. The summed E-state index contributed by atoms with van der Waals surface area (Å²) in [4.78, 5) is 27.1. The molecule has 3 rings (SSSR count). The predicted molar refractivity (Wildman–Crippen MR) is 123 cm³/mol. The molecule has 2 aromatic rings. The van der Waals surface area contributed by atoms with Gasteiger partial charge in [0.05, 0.1) is 21.9 Å². The molecular weight excluding hydrogens is 457 g/mol. The summed E-state index contributed by atoms with van der Waals surface area (Å²) >= 11 is 13.3. The summed E-state index contributed by atoms with van der Waals surface area (Å²) in [5.41, 5.74) is 1.25. The lowest BCUT2D eigenvalue weighted by molar-refractivity contribution is -0.117. The number of ether oxygens (including phenoxy) is 1. The third kappa shape index (κ3) is 4.99. The van der Waals surface area contributed by atoms with E-state index in [0.29, 0.717) is 39.5 Å². The zero-order valence-electron chi connectivity index (χ0n) is 16.8. The lowest BCUT2D eigenvalue weighted by Gasteiger charge is -2.19. The number of benzene rings is 2. The Morgan fingerprint density at radius 3 is 2.52 bits per heavy atom. The van der Waals surface area contributed by atoms with Crippen LogP contribution in [0.2, 0.25) is 10.0 Å². The first-order valence-electron chi connectivity index (χ1n) is 9.43. The summed E-state index contributed by atoms with van der Waals surface area (Å²) in [6, 6.07) is 14.1. The van der Waals surface area contributed by atoms with Crippen molar-refractivity contribution in [1.29, 1.82) is 5.26 Å². The van der Waals surface area contributed by atoms with E-state index < -0.39 is 11.2 Å². The number of nitriles is 1. The van der Waals surface area contributed by atoms with Crippen molar-refractivity contribution in [3.05, 3.63) is 68.7 Å². The molecule has 6 nitrogen and oxygen atoms in total. The van der Waals surface area contributed by atoms with Gasteiger partial charge >= 0.3 is 0 Å². The average Bonchev–Trinajstić information content (AvgIpc) is 3.07. The van der Waals surface area contributed by atoms with Crippen LogP contribution in [0, 0.1) is 11.3 Å². The van der Waals surface area contributed by atoms with Crippen LogP contribution in [0.25, 0.3) is 0 Å². The molecule has 1 aliphatic heterocycles. The first kappa shape index (κ1) is 23.0. The number of anilines is 1. The fourth-order valence-electron chi connectivity index (χ4n) is 3.09. The van der Waals surface area contributed by atoms with E-state index in [0.717, 1.165) is 5.56 Å². The Labute approximate surface area is 194 Å². The fraction of sp³-hybridized carbons (Fsp3) is 0.227. The van der Waals surface area contributed by atoms with E-state index in [-0.39, 0.29) is 11.5 Å². The van der Waals surface area contributed by atoms with Gasteiger partial charge in [0.25, 0.3) is 5.91 Å². The number of thioether (sulfide) groups is 1. The van der Waals surface area contributed by atoms with Crippen molar-refractivity contribution in [3.8, 4) is 11.8 Å². The smallest absolute Gasteiger partial charge is 0.264 e. The summed E-state index contributed by atoms with van der Waals surface area (Å²) in [5.74, 6) is -0.119. The number of hydrogen-bond acceptors (Lipinski definition) is 5. The number of halogens is 2. The Hall–Kier alpha value is -2.66. The molecular formula is C22H19Cl2N3O3S. The number of likely N-dealkylation sites (N-methyl/N-ethyl adjacent to an activating group) is 1. The number of carbonyl (C=O) groups is 2. The van der Waals surface area contributed by atoms with Gasteiger partial charge in [0.1, 0.15) is 22.4 Å². The monoisotopic (exact) mass is 475 g/mol. The van der Waals surface area contributed by atoms with Crippen molar-refractivity contribution in [3.63, 3.8) is 0 Å². The first-order valence-corrected chi connectivity index (χ1v) is 11.1. The normalized spacial score (nSPS) is 17.3. The molecule has 0 spiro atoms. The molecule has 1 fully saturated rings. The Morgan fingerprint density at radius 1 is 1.23 bits per heavy atom. The summed E-state index contributed by atoms with van der Waals surface area (Å²) < 4.78 is 5.46. The molecule has 9 heteroatoms. The maximum atomic E-state index is 13.4. The van der Waals surface area contributed by atoms with Gasteiger partial charge in [0.15, 0.2) is 0 Å². The molecule has 1 N–H and O–H groups in total. The van der Waals surface area contributed by atoms with E-state index in [2.05, 4.69) is 5.32 Å². The second-order valence-electron chi connectivity index (χ2n) is 6.53. The van der Waals surface area contributed by atoms with Crippen LogP contribution in [-0.2, 0) is 16.0 Å². The molecule has 0 aliphatic carbocycles. The summed E-state index contributed by atoms with van der Waals surface area (Å²) in [6.45, 7) is 2.40. The first-order chi connectivity index (χ1) is 14.9. The highest BCUT2D eigenvalue weighted by molar-refractivity contribution is 8.05. The molecule has 2 amide bonds. The predicted octanol–water partition coefficient (Wildman–Crippen LogP) is 4.56. The lowest BCUT2D eigenvalue weighted by atomic mass is 10.1. The van der Waals surface area contributed by atoms with E-state index in [1.807, 2.05) is 13.0 Å². The molecule has 160 valence electrons. The highest BCUT2D eigenvalue weighted by atomic mass is 35.5. The van der Waals surface area contributed by atoms with E-state index in [4.69, 9.17) is 27.9 Å². The van der Waals surface area contributed by atoms with Crippen LogP contribution in [0.5, 0.6) is 5.75 Å². The molecule has 1 heterocycles. The molecule has 1 aliphatic rings. The maximum absolute atomic E-state index is 13.4. The molecule has 2 aromatic carbocycles. The average molecular weight is 476 g/mol. The zero-order valence-corrected chi connectivity index (χ0v) is 19.1. The van der Waals surface area contributed by atoms with Crippen molar-refractivity contribution in [1.82, 2.24) is 5.32 Å². The minimum Gasteiger partial charge on any atom is -0.494 e. The van der Waals surface area contributed by atoms with Gasteiger partial charge in [0.2, 0.25) is 5.91 Å². The second-order valence-corrected chi connectivity index (χ2v) is 8.54. The van der Waals surface area contributed by atoms with E-state index in [9.17, 15) is 14.9 Å². The largest absolute Gasteiger partial charge is 0.494 e. The SMILES string of the molecule is CCOc1ccc(N2C(=O)C(Cc3ccc(Cl)c(Cl)c3)S/C2=C(/C#N)C(=O)NC)cc1. The highest BCUT2D eigenvalue weighted by Gasteiger charge is 2.40. The Bertz CT molecular complexity index is 1080. The van der Waals surface area contributed by atoms with Gasteiger partial charge in [-0.05, 0) is 55.3 Å². The van der Waals surface area contributed by atoms with E-state index in [1.165, 1.54) is 23.7 Å². The molecule has 0 aromatic heterocycles. The molecule has 0 bridgehead atoms. The third-order valence-corrected chi connectivity index (χ3v) is 6.55. The van der Waals surface area contributed by atoms with Gasteiger partial charge in [-0.1, -0.05) is 41.0 Å². The molecule has 0 radical (unpaired) electrons. The van der Waals surface area contributed by atoms with Gasteiger partial charge in [-0.2, -0.15) is 5.26 Å². The second kappa shape index (κ2) is 10.1. The van der Waals surface area contributed by atoms with Crippen molar-refractivity contribution >= 4 is 52.5 Å². The fourth-order valence-corrected chi connectivity index (χ4v) is 4.71. The van der Waals surface area contributed by atoms with Crippen molar-refractivity contribution in [2.24, 2.45) is 0 Å². The highest BCUT2D eigenvalue weighted by Crippen LogP contribution is 2.42. The topological polar surface area (TPSA) is 82.4 Å². The lowest BCUT2D eigenvalue weighted by Crippen LogP contribution is -2.31. The quantitative estimate of drug-likeness (QED) is 0.488. The van der Waals surface area contributed by atoms with Crippen molar-refractivity contribution in [2.45, 2.75) is 18.6 Å². The third-order valence-electron chi connectivity index (χ3n) is 4.54. The number of rotatable bonds is 6. The Kier molecular flexibility index (Phi) is 7.50. The Balaban J connectivity index is 2.01.